The second-order valence-electron chi connectivity index (χ2n) is 5.21. The summed E-state index contributed by atoms with van der Waals surface area (Å²) in [5.74, 6) is 0. The molecular formula is C15H23BrN2O. The highest BCUT2D eigenvalue weighted by Gasteiger charge is 2.25. The Balaban J connectivity index is 1.90. The Morgan fingerprint density at radius 3 is 3.11 bits per heavy atom. The molecule has 0 amide bonds. The first-order valence-electron chi connectivity index (χ1n) is 7.03. The molecule has 0 spiro atoms. The van der Waals surface area contributed by atoms with Crippen LogP contribution in [0.4, 0.5) is 0 Å². The summed E-state index contributed by atoms with van der Waals surface area (Å²) in [6, 6.07) is 8.41. The molecule has 1 aliphatic heterocycles. The number of hydrogen-bond acceptors (Lipinski definition) is 3. The first-order chi connectivity index (χ1) is 9.19. The van der Waals surface area contributed by atoms with E-state index >= 15 is 0 Å². The van der Waals surface area contributed by atoms with Crippen molar-refractivity contribution in [1.29, 1.82) is 0 Å². The Morgan fingerprint density at radius 2 is 2.37 bits per heavy atom. The van der Waals surface area contributed by atoms with Crippen LogP contribution in [0.5, 0.6) is 0 Å². The Labute approximate surface area is 124 Å². The molecule has 1 fully saturated rings. The summed E-state index contributed by atoms with van der Waals surface area (Å²) in [6.07, 6.45) is 2.21. The van der Waals surface area contributed by atoms with Gasteiger partial charge in [-0.2, -0.15) is 0 Å². The van der Waals surface area contributed by atoms with Crippen molar-refractivity contribution in [3.63, 3.8) is 0 Å². The fourth-order valence-electron chi connectivity index (χ4n) is 2.58. The molecule has 0 bridgehead atoms. The smallest absolute Gasteiger partial charge is 0.0856 e. The minimum atomic E-state index is 0.0638. The lowest BCUT2D eigenvalue weighted by molar-refractivity contribution is -0.0400. The molecule has 19 heavy (non-hydrogen) atoms. The van der Waals surface area contributed by atoms with E-state index in [4.69, 9.17) is 10.5 Å². The van der Waals surface area contributed by atoms with Crippen molar-refractivity contribution in [1.82, 2.24) is 4.90 Å². The van der Waals surface area contributed by atoms with Gasteiger partial charge in [0.1, 0.15) is 0 Å². The molecule has 4 heteroatoms. The topological polar surface area (TPSA) is 38.5 Å². The van der Waals surface area contributed by atoms with Crippen molar-refractivity contribution in [3.8, 4) is 0 Å². The zero-order valence-corrected chi connectivity index (χ0v) is 13.1. The van der Waals surface area contributed by atoms with Gasteiger partial charge < -0.3 is 10.5 Å². The van der Waals surface area contributed by atoms with E-state index in [9.17, 15) is 0 Å². The number of benzene rings is 1. The summed E-state index contributed by atoms with van der Waals surface area (Å²) in [7, 11) is 0. The van der Waals surface area contributed by atoms with Crippen LogP contribution < -0.4 is 5.73 Å². The van der Waals surface area contributed by atoms with E-state index in [2.05, 4.69) is 46.0 Å². The van der Waals surface area contributed by atoms with Crippen LogP contribution in [-0.2, 0) is 11.2 Å². The highest BCUT2D eigenvalue weighted by Crippen LogP contribution is 2.16. The van der Waals surface area contributed by atoms with Crippen molar-refractivity contribution in [2.45, 2.75) is 31.9 Å². The number of rotatable bonds is 5. The number of nitrogens with two attached hydrogens (primary N) is 1. The summed E-state index contributed by atoms with van der Waals surface area (Å²) < 4.78 is 6.95. The van der Waals surface area contributed by atoms with Gasteiger partial charge in [0.2, 0.25) is 0 Å². The van der Waals surface area contributed by atoms with Gasteiger partial charge in [0, 0.05) is 23.6 Å². The van der Waals surface area contributed by atoms with E-state index in [1.54, 1.807) is 0 Å². The Hall–Kier alpha value is -0.420. The van der Waals surface area contributed by atoms with Crippen LogP contribution in [0.2, 0.25) is 0 Å². The lowest BCUT2D eigenvalue weighted by Crippen LogP contribution is -2.51. The molecule has 2 unspecified atom stereocenters. The monoisotopic (exact) mass is 326 g/mol. The number of halogens is 1. The van der Waals surface area contributed by atoms with Gasteiger partial charge in [-0.3, -0.25) is 4.90 Å². The zero-order chi connectivity index (χ0) is 13.7. The fourth-order valence-corrected chi connectivity index (χ4v) is 3.02. The van der Waals surface area contributed by atoms with Gasteiger partial charge in [-0.1, -0.05) is 35.0 Å². The van der Waals surface area contributed by atoms with Gasteiger partial charge in [-0.25, -0.2) is 0 Å². The first-order valence-corrected chi connectivity index (χ1v) is 7.82. The second kappa shape index (κ2) is 7.39. The molecule has 0 saturated carbocycles. The third-order valence-electron chi connectivity index (χ3n) is 3.56. The van der Waals surface area contributed by atoms with Crippen LogP contribution in [0.1, 0.15) is 18.9 Å². The highest BCUT2D eigenvalue weighted by molar-refractivity contribution is 9.10. The summed E-state index contributed by atoms with van der Waals surface area (Å²) >= 11 is 3.50. The summed E-state index contributed by atoms with van der Waals surface area (Å²) in [4.78, 5) is 2.45. The molecule has 1 aromatic carbocycles. The van der Waals surface area contributed by atoms with Gasteiger partial charge >= 0.3 is 0 Å². The molecule has 2 rings (SSSR count). The van der Waals surface area contributed by atoms with E-state index in [1.165, 1.54) is 12.0 Å². The lowest BCUT2D eigenvalue weighted by Gasteiger charge is -2.35. The van der Waals surface area contributed by atoms with Gasteiger partial charge in [-0.15, -0.1) is 0 Å². The van der Waals surface area contributed by atoms with E-state index in [0.29, 0.717) is 0 Å². The molecule has 1 aromatic rings. The molecule has 1 aliphatic rings. The number of hydrogen-bond donors (Lipinski definition) is 1. The van der Waals surface area contributed by atoms with Gasteiger partial charge in [0.15, 0.2) is 0 Å². The molecule has 2 atom stereocenters. The Bertz CT molecular complexity index is 397. The van der Waals surface area contributed by atoms with Crippen molar-refractivity contribution in [3.05, 3.63) is 34.3 Å². The van der Waals surface area contributed by atoms with Crippen molar-refractivity contribution in [2.24, 2.45) is 5.73 Å². The predicted molar refractivity (Wildman–Crippen MR) is 82.3 cm³/mol. The average Bonchev–Trinajstić information content (AvgIpc) is 2.39. The summed E-state index contributed by atoms with van der Waals surface area (Å²) in [6.45, 7) is 6.16. The zero-order valence-electron chi connectivity index (χ0n) is 11.5. The van der Waals surface area contributed by atoms with E-state index < -0.39 is 0 Å². The van der Waals surface area contributed by atoms with Crippen LogP contribution in [0.15, 0.2) is 28.7 Å². The third kappa shape index (κ3) is 4.56. The maximum atomic E-state index is 6.32. The predicted octanol–water partition coefficient (Wildman–Crippen LogP) is 2.43. The average molecular weight is 327 g/mol. The minimum absolute atomic E-state index is 0.0638. The van der Waals surface area contributed by atoms with Crippen molar-refractivity contribution in [2.75, 3.05) is 26.2 Å². The molecule has 3 nitrogen and oxygen atoms in total. The molecule has 1 saturated heterocycles. The van der Waals surface area contributed by atoms with Crippen molar-refractivity contribution >= 4 is 15.9 Å². The van der Waals surface area contributed by atoms with E-state index in [-0.39, 0.29) is 12.1 Å². The largest absolute Gasteiger partial charge is 0.374 e. The maximum absolute atomic E-state index is 6.32. The van der Waals surface area contributed by atoms with Crippen LogP contribution in [0.25, 0.3) is 0 Å². The molecule has 2 N–H and O–H groups in total. The normalized spacial score (nSPS) is 22.4. The van der Waals surface area contributed by atoms with E-state index in [0.717, 1.165) is 37.1 Å². The van der Waals surface area contributed by atoms with E-state index in [1.807, 2.05) is 6.07 Å². The maximum Gasteiger partial charge on any atom is 0.0856 e. The quantitative estimate of drug-likeness (QED) is 0.903. The second-order valence-corrected chi connectivity index (χ2v) is 6.12. The lowest BCUT2D eigenvalue weighted by atomic mass is 10.0. The van der Waals surface area contributed by atoms with Crippen LogP contribution in [0, 0.1) is 0 Å². The molecule has 0 aromatic heterocycles. The molecule has 0 aliphatic carbocycles. The third-order valence-corrected chi connectivity index (χ3v) is 4.05. The van der Waals surface area contributed by atoms with Crippen molar-refractivity contribution < 1.29 is 4.74 Å². The van der Waals surface area contributed by atoms with Crippen LogP contribution >= 0.6 is 15.9 Å². The molecule has 1 heterocycles. The standard InChI is InChI=1S/C15H23BrN2O/c1-2-6-18-7-8-19-15(11-18)14(17)10-12-4-3-5-13(16)9-12/h3-5,9,14-15H,2,6-8,10-11,17H2,1H3. The van der Waals surface area contributed by atoms with Gasteiger partial charge in [-0.05, 0) is 37.1 Å². The van der Waals surface area contributed by atoms with Crippen LogP contribution in [-0.4, -0.2) is 43.3 Å². The molecular weight excluding hydrogens is 304 g/mol. The summed E-state index contributed by atoms with van der Waals surface area (Å²) in [5.41, 5.74) is 7.58. The van der Waals surface area contributed by atoms with Gasteiger partial charge in [0.05, 0.1) is 12.7 Å². The highest BCUT2D eigenvalue weighted by atomic mass is 79.9. The summed E-state index contributed by atoms with van der Waals surface area (Å²) in [5, 5.41) is 0. The van der Waals surface area contributed by atoms with Crippen LogP contribution in [0.3, 0.4) is 0 Å². The fraction of sp³-hybridized carbons (Fsp3) is 0.600. The molecule has 0 radical (unpaired) electrons. The minimum Gasteiger partial charge on any atom is -0.374 e. The Morgan fingerprint density at radius 1 is 1.53 bits per heavy atom. The Kier molecular flexibility index (Phi) is 5.82. The first kappa shape index (κ1) is 15.0. The molecule has 106 valence electrons. The van der Waals surface area contributed by atoms with Gasteiger partial charge in [0.25, 0.3) is 0 Å². The number of ether oxygens (including phenoxy) is 1. The SMILES string of the molecule is CCCN1CCOC(C(N)Cc2cccc(Br)c2)C1. The number of morpholine rings is 1. The number of nitrogens with zero attached hydrogens (tertiary/aromatic N) is 1.